The Morgan fingerprint density at radius 3 is 2.31 bits per heavy atom. The van der Waals surface area contributed by atoms with Gasteiger partial charge >= 0.3 is 0 Å². The molecule has 0 spiro atoms. The molecular formula is C14H23NO. The van der Waals surface area contributed by atoms with Crippen LogP contribution >= 0.6 is 0 Å². The molecule has 0 aromatic heterocycles. The van der Waals surface area contributed by atoms with Crippen molar-refractivity contribution in [3.63, 3.8) is 0 Å². The molecule has 0 aliphatic rings. The molecule has 0 fully saturated rings. The molecule has 90 valence electrons. The normalized spacial score (nSPS) is 13.1. The minimum atomic E-state index is 0.160. The second kappa shape index (κ2) is 6.66. The van der Waals surface area contributed by atoms with E-state index in [2.05, 4.69) is 50.4 Å². The molecule has 0 bridgehead atoms. The number of hydrogen-bond acceptors (Lipinski definition) is 2. The van der Waals surface area contributed by atoms with Crippen LogP contribution < -0.4 is 5.32 Å². The Bertz CT molecular complexity index is 292. The van der Waals surface area contributed by atoms with Gasteiger partial charge in [-0.05, 0) is 19.4 Å². The Hall–Kier alpha value is -0.860. The van der Waals surface area contributed by atoms with Crippen LogP contribution in [0.15, 0.2) is 24.3 Å². The van der Waals surface area contributed by atoms with Crippen LogP contribution in [0.5, 0.6) is 0 Å². The highest BCUT2D eigenvalue weighted by Gasteiger charge is 2.11. The number of benzene rings is 1. The molecule has 0 aliphatic carbocycles. The van der Waals surface area contributed by atoms with Crippen LogP contribution in [0.4, 0.5) is 0 Å². The lowest BCUT2D eigenvalue weighted by Crippen LogP contribution is -2.29. The summed E-state index contributed by atoms with van der Waals surface area (Å²) in [7, 11) is 0. The molecule has 16 heavy (non-hydrogen) atoms. The molecule has 1 aromatic rings. The van der Waals surface area contributed by atoms with Crippen molar-refractivity contribution >= 4 is 0 Å². The fraction of sp³-hybridized carbons (Fsp3) is 0.571. The van der Waals surface area contributed by atoms with Crippen LogP contribution in [0.1, 0.15) is 38.0 Å². The highest BCUT2D eigenvalue weighted by molar-refractivity contribution is 5.23. The van der Waals surface area contributed by atoms with Crippen LogP contribution in [0.25, 0.3) is 0 Å². The fourth-order valence-electron chi connectivity index (χ4n) is 1.60. The standard InChI is InChI=1S/C14H23NO/c1-5-16-14(10-15-11(2)3)13-8-6-12(4)7-9-13/h6-9,11,14-15H,5,10H2,1-4H3. The van der Waals surface area contributed by atoms with Crippen LogP contribution in [0, 0.1) is 6.92 Å². The first kappa shape index (κ1) is 13.2. The Morgan fingerprint density at radius 1 is 1.19 bits per heavy atom. The molecule has 1 unspecified atom stereocenters. The van der Waals surface area contributed by atoms with E-state index < -0.39 is 0 Å². The van der Waals surface area contributed by atoms with Gasteiger partial charge in [-0.2, -0.15) is 0 Å². The van der Waals surface area contributed by atoms with Gasteiger partial charge in [-0.25, -0.2) is 0 Å². The van der Waals surface area contributed by atoms with Gasteiger partial charge in [0.15, 0.2) is 0 Å². The Morgan fingerprint density at radius 2 is 1.81 bits per heavy atom. The van der Waals surface area contributed by atoms with Gasteiger partial charge in [-0.1, -0.05) is 43.7 Å². The van der Waals surface area contributed by atoms with Gasteiger partial charge in [0.25, 0.3) is 0 Å². The fourth-order valence-corrected chi connectivity index (χ4v) is 1.60. The van der Waals surface area contributed by atoms with E-state index in [1.165, 1.54) is 11.1 Å². The van der Waals surface area contributed by atoms with E-state index in [-0.39, 0.29) is 6.10 Å². The quantitative estimate of drug-likeness (QED) is 0.797. The van der Waals surface area contributed by atoms with Crippen LogP contribution in [0.2, 0.25) is 0 Å². The number of ether oxygens (including phenoxy) is 1. The molecule has 0 amide bonds. The van der Waals surface area contributed by atoms with Crippen molar-refractivity contribution < 1.29 is 4.74 Å². The smallest absolute Gasteiger partial charge is 0.0949 e. The lowest BCUT2D eigenvalue weighted by Gasteiger charge is -2.19. The van der Waals surface area contributed by atoms with Crippen molar-refractivity contribution in [1.29, 1.82) is 0 Å². The molecular weight excluding hydrogens is 198 g/mol. The third-order valence-corrected chi connectivity index (χ3v) is 2.53. The van der Waals surface area contributed by atoms with E-state index in [1.54, 1.807) is 0 Å². The average Bonchev–Trinajstić information content (AvgIpc) is 2.25. The molecule has 2 heteroatoms. The highest BCUT2D eigenvalue weighted by atomic mass is 16.5. The molecule has 1 rings (SSSR count). The van der Waals surface area contributed by atoms with Gasteiger partial charge in [0.05, 0.1) is 6.10 Å². The lowest BCUT2D eigenvalue weighted by atomic mass is 10.1. The molecule has 1 atom stereocenters. The monoisotopic (exact) mass is 221 g/mol. The van der Waals surface area contributed by atoms with Gasteiger partial charge in [-0.15, -0.1) is 0 Å². The second-order valence-electron chi connectivity index (χ2n) is 4.42. The maximum atomic E-state index is 5.76. The van der Waals surface area contributed by atoms with E-state index in [9.17, 15) is 0 Å². The van der Waals surface area contributed by atoms with Crippen LogP contribution in [-0.4, -0.2) is 19.2 Å². The zero-order valence-corrected chi connectivity index (χ0v) is 10.8. The van der Waals surface area contributed by atoms with Crippen LogP contribution in [-0.2, 0) is 4.74 Å². The van der Waals surface area contributed by atoms with E-state index in [4.69, 9.17) is 4.74 Å². The van der Waals surface area contributed by atoms with Gasteiger partial charge in [0, 0.05) is 19.2 Å². The zero-order valence-electron chi connectivity index (χ0n) is 10.8. The summed E-state index contributed by atoms with van der Waals surface area (Å²) in [6.07, 6.45) is 0.160. The first-order valence-electron chi connectivity index (χ1n) is 6.05. The third kappa shape index (κ3) is 4.33. The van der Waals surface area contributed by atoms with E-state index >= 15 is 0 Å². The first-order chi connectivity index (χ1) is 7.63. The summed E-state index contributed by atoms with van der Waals surface area (Å²) < 4.78 is 5.76. The van der Waals surface area contributed by atoms with Crippen molar-refractivity contribution in [1.82, 2.24) is 5.32 Å². The summed E-state index contributed by atoms with van der Waals surface area (Å²) in [4.78, 5) is 0. The van der Waals surface area contributed by atoms with Crippen molar-refractivity contribution in [3.8, 4) is 0 Å². The van der Waals surface area contributed by atoms with Crippen molar-refractivity contribution in [2.24, 2.45) is 0 Å². The largest absolute Gasteiger partial charge is 0.372 e. The number of aryl methyl sites for hydroxylation is 1. The molecule has 1 aromatic carbocycles. The Kier molecular flexibility index (Phi) is 5.50. The molecule has 0 saturated heterocycles. The number of hydrogen-bond donors (Lipinski definition) is 1. The maximum Gasteiger partial charge on any atom is 0.0949 e. The van der Waals surface area contributed by atoms with Gasteiger partial charge in [-0.3, -0.25) is 0 Å². The Labute approximate surface area is 99.0 Å². The number of rotatable bonds is 6. The van der Waals surface area contributed by atoms with Gasteiger partial charge in [0.1, 0.15) is 0 Å². The van der Waals surface area contributed by atoms with Crippen molar-refractivity contribution in [2.45, 2.75) is 39.8 Å². The molecule has 0 radical (unpaired) electrons. The summed E-state index contributed by atoms with van der Waals surface area (Å²) in [6, 6.07) is 9.07. The third-order valence-electron chi connectivity index (χ3n) is 2.53. The second-order valence-corrected chi connectivity index (χ2v) is 4.42. The summed E-state index contributed by atoms with van der Waals surface area (Å²) in [6.45, 7) is 10.1. The van der Waals surface area contributed by atoms with E-state index in [0.29, 0.717) is 6.04 Å². The summed E-state index contributed by atoms with van der Waals surface area (Å²) in [5.74, 6) is 0. The Balaban J connectivity index is 2.64. The van der Waals surface area contributed by atoms with Crippen molar-refractivity contribution in [2.75, 3.05) is 13.2 Å². The maximum absolute atomic E-state index is 5.76. The van der Waals surface area contributed by atoms with E-state index in [0.717, 1.165) is 13.2 Å². The number of nitrogens with one attached hydrogen (secondary N) is 1. The summed E-state index contributed by atoms with van der Waals surface area (Å²) in [5, 5.41) is 3.42. The van der Waals surface area contributed by atoms with Gasteiger partial charge in [0.2, 0.25) is 0 Å². The predicted molar refractivity (Wildman–Crippen MR) is 68.7 cm³/mol. The van der Waals surface area contributed by atoms with Crippen LogP contribution in [0.3, 0.4) is 0 Å². The predicted octanol–water partition coefficient (Wildman–Crippen LogP) is 3.07. The molecule has 2 nitrogen and oxygen atoms in total. The lowest BCUT2D eigenvalue weighted by molar-refractivity contribution is 0.0609. The minimum absolute atomic E-state index is 0.160. The average molecular weight is 221 g/mol. The molecule has 1 N–H and O–H groups in total. The van der Waals surface area contributed by atoms with Crippen molar-refractivity contribution in [3.05, 3.63) is 35.4 Å². The van der Waals surface area contributed by atoms with Gasteiger partial charge < -0.3 is 10.1 Å². The minimum Gasteiger partial charge on any atom is -0.372 e. The van der Waals surface area contributed by atoms with E-state index in [1.807, 2.05) is 6.92 Å². The zero-order chi connectivity index (χ0) is 12.0. The summed E-state index contributed by atoms with van der Waals surface area (Å²) >= 11 is 0. The summed E-state index contributed by atoms with van der Waals surface area (Å²) in [5.41, 5.74) is 2.54. The molecule has 0 heterocycles. The SMILES string of the molecule is CCOC(CNC(C)C)c1ccc(C)cc1. The highest BCUT2D eigenvalue weighted by Crippen LogP contribution is 2.17. The first-order valence-corrected chi connectivity index (χ1v) is 6.05. The molecule has 0 saturated carbocycles. The molecule has 0 aliphatic heterocycles. The topological polar surface area (TPSA) is 21.3 Å².